The van der Waals surface area contributed by atoms with Gasteiger partial charge in [0.05, 0.1) is 10.6 Å². The summed E-state index contributed by atoms with van der Waals surface area (Å²) in [4.78, 5) is 24.2. The van der Waals surface area contributed by atoms with Gasteiger partial charge < -0.3 is 10.6 Å². The van der Waals surface area contributed by atoms with E-state index in [1.807, 2.05) is 0 Å². The molecule has 138 valence electrons. The van der Waals surface area contributed by atoms with Crippen molar-refractivity contribution in [3.63, 3.8) is 0 Å². The SMILES string of the molecule is Cc1ccc(C(=O)NCC(F)(F)F)cc1NC(=O)c1cc(Cl)ccc1Cl. The molecule has 2 aromatic rings. The van der Waals surface area contributed by atoms with Gasteiger partial charge in [-0.1, -0.05) is 29.3 Å². The van der Waals surface area contributed by atoms with Crippen LogP contribution < -0.4 is 10.6 Å². The quantitative estimate of drug-likeness (QED) is 0.765. The summed E-state index contributed by atoms with van der Waals surface area (Å²) in [6.45, 7) is 0.228. The van der Waals surface area contributed by atoms with Crippen molar-refractivity contribution in [1.29, 1.82) is 0 Å². The van der Waals surface area contributed by atoms with Gasteiger partial charge in [-0.15, -0.1) is 0 Å². The maximum absolute atomic E-state index is 12.4. The molecule has 0 aromatic heterocycles. The van der Waals surface area contributed by atoms with E-state index in [9.17, 15) is 22.8 Å². The zero-order valence-electron chi connectivity index (χ0n) is 13.4. The Labute approximate surface area is 157 Å². The van der Waals surface area contributed by atoms with Gasteiger partial charge in [0, 0.05) is 16.3 Å². The van der Waals surface area contributed by atoms with Crippen LogP contribution in [0.4, 0.5) is 18.9 Å². The fraction of sp³-hybridized carbons (Fsp3) is 0.176. The number of hydrogen-bond acceptors (Lipinski definition) is 2. The summed E-state index contributed by atoms with van der Waals surface area (Å²) in [5.41, 5.74) is 0.993. The van der Waals surface area contributed by atoms with Crippen molar-refractivity contribution in [2.45, 2.75) is 13.1 Å². The largest absolute Gasteiger partial charge is 0.405 e. The van der Waals surface area contributed by atoms with E-state index in [4.69, 9.17) is 23.2 Å². The minimum absolute atomic E-state index is 0.0210. The second-order valence-corrected chi connectivity index (χ2v) is 6.25. The van der Waals surface area contributed by atoms with E-state index in [0.717, 1.165) is 0 Å². The molecule has 2 amide bonds. The number of hydrogen-bond donors (Lipinski definition) is 2. The Morgan fingerprint density at radius 2 is 1.73 bits per heavy atom. The fourth-order valence-corrected chi connectivity index (χ4v) is 2.42. The molecular formula is C17H13Cl2F3N2O2. The van der Waals surface area contributed by atoms with E-state index in [1.54, 1.807) is 12.2 Å². The highest BCUT2D eigenvalue weighted by molar-refractivity contribution is 6.36. The van der Waals surface area contributed by atoms with Crippen molar-refractivity contribution in [2.75, 3.05) is 11.9 Å². The van der Waals surface area contributed by atoms with Crippen LogP contribution in [0, 0.1) is 6.92 Å². The van der Waals surface area contributed by atoms with Crippen LogP contribution in [0.2, 0.25) is 10.0 Å². The second kappa shape index (κ2) is 7.97. The number of aryl methyl sites for hydroxylation is 1. The number of nitrogens with one attached hydrogen (secondary N) is 2. The molecule has 0 aliphatic rings. The van der Waals surface area contributed by atoms with Crippen molar-refractivity contribution < 1.29 is 22.8 Å². The Bertz CT molecular complexity index is 854. The zero-order chi connectivity index (χ0) is 19.5. The molecule has 0 bridgehead atoms. The van der Waals surface area contributed by atoms with E-state index in [1.165, 1.54) is 36.4 Å². The van der Waals surface area contributed by atoms with E-state index in [-0.39, 0.29) is 21.8 Å². The number of carbonyl (C=O) groups is 2. The van der Waals surface area contributed by atoms with E-state index < -0.39 is 24.5 Å². The molecule has 0 unspecified atom stereocenters. The zero-order valence-corrected chi connectivity index (χ0v) is 14.9. The third kappa shape index (κ3) is 5.37. The predicted molar refractivity (Wildman–Crippen MR) is 94.0 cm³/mol. The molecule has 0 fully saturated rings. The van der Waals surface area contributed by atoms with E-state index in [2.05, 4.69) is 5.32 Å². The normalized spacial score (nSPS) is 11.2. The maximum Gasteiger partial charge on any atom is 0.405 e. The van der Waals surface area contributed by atoms with Crippen LogP contribution in [-0.4, -0.2) is 24.5 Å². The molecule has 26 heavy (non-hydrogen) atoms. The highest BCUT2D eigenvalue weighted by Crippen LogP contribution is 2.23. The van der Waals surface area contributed by atoms with Crippen LogP contribution in [0.1, 0.15) is 26.3 Å². The summed E-state index contributed by atoms with van der Waals surface area (Å²) >= 11 is 11.8. The summed E-state index contributed by atoms with van der Waals surface area (Å²) in [5, 5.41) is 4.85. The van der Waals surface area contributed by atoms with Crippen LogP contribution in [0.25, 0.3) is 0 Å². The monoisotopic (exact) mass is 404 g/mol. The molecule has 0 spiro atoms. The summed E-state index contributed by atoms with van der Waals surface area (Å²) in [7, 11) is 0. The van der Waals surface area contributed by atoms with Gasteiger partial charge in [-0.3, -0.25) is 9.59 Å². The minimum Gasteiger partial charge on any atom is -0.343 e. The Morgan fingerprint density at radius 3 is 2.38 bits per heavy atom. The molecule has 0 saturated carbocycles. The van der Waals surface area contributed by atoms with Crippen molar-refractivity contribution in [1.82, 2.24) is 5.32 Å². The van der Waals surface area contributed by atoms with Crippen molar-refractivity contribution in [3.8, 4) is 0 Å². The van der Waals surface area contributed by atoms with Crippen molar-refractivity contribution in [3.05, 3.63) is 63.1 Å². The molecule has 0 saturated heterocycles. The van der Waals surface area contributed by atoms with Crippen LogP contribution in [-0.2, 0) is 0 Å². The number of carbonyl (C=O) groups excluding carboxylic acids is 2. The molecule has 0 heterocycles. The number of halogens is 5. The van der Waals surface area contributed by atoms with Crippen LogP contribution in [0.3, 0.4) is 0 Å². The first-order chi connectivity index (χ1) is 12.1. The number of alkyl halides is 3. The summed E-state index contributed by atoms with van der Waals surface area (Å²) in [5.74, 6) is -1.47. The number of benzene rings is 2. The molecule has 9 heteroatoms. The van der Waals surface area contributed by atoms with Gasteiger partial charge in [-0.2, -0.15) is 13.2 Å². The lowest BCUT2D eigenvalue weighted by molar-refractivity contribution is -0.123. The van der Waals surface area contributed by atoms with E-state index >= 15 is 0 Å². The van der Waals surface area contributed by atoms with Gasteiger partial charge in [0.15, 0.2) is 0 Å². The van der Waals surface area contributed by atoms with Crippen LogP contribution in [0.15, 0.2) is 36.4 Å². The minimum atomic E-state index is -4.51. The Morgan fingerprint density at radius 1 is 1.04 bits per heavy atom. The number of rotatable bonds is 4. The van der Waals surface area contributed by atoms with Gasteiger partial charge in [0.2, 0.25) is 0 Å². The smallest absolute Gasteiger partial charge is 0.343 e. The summed E-state index contributed by atoms with van der Waals surface area (Å²) < 4.78 is 36.6. The van der Waals surface area contributed by atoms with Crippen LogP contribution in [0.5, 0.6) is 0 Å². The molecular weight excluding hydrogens is 392 g/mol. The number of anilines is 1. The third-order valence-electron chi connectivity index (χ3n) is 3.37. The second-order valence-electron chi connectivity index (χ2n) is 5.41. The lowest BCUT2D eigenvalue weighted by Gasteiger charge is -2.12. The highest BCUT2D eigenvalue weighted by atomic mass is 35.5. The Balaban J connectivity index is 2.20. The van der Waals surface area contributed by atoms with Crippen molar-refractivity contribution in [2.24, 2.45) is 0 Å². The lowest BCUT2D eigenvalue weighted by atomic mass is 10.1. The molecule has 0 aliphatic carbocycles. The van der Waals surface area contributed by atoms with Gasteiger partial charge >= 0.3 is 6.18 Å². The summed E-state index contributed by atoms with van der Waals surface area (Å²) in [6, 6.07) is 8.54. The first-order valence-corrected chi connectivity index (χ1v) is 8.04. The van der Waals surface area contributed by atoms with Gasteiger partial charge in [-0.05, 0) is 42.8 Å². The third-order valence-corrected chi connectivity index (χ3v) is 3.94. The predicted octanol–water partition coefficient (Wildman–Crippen LogP) is 4.85. The van der Waals surface area contributed by atoms with Crippen molar-refractivity contribution >= 4 is 40.7 Å². The first-order valence-electron chi connectivity index (χ1n) is 7.29. The topological polar surface area (TPSA) is 58.2 Å². The average Bonchev–Trinajstić information content (AvgIpc) is 2.56. The molecule has 0 atom stereocenters. The Kier molecular flexibility index (Phi) is 6.15. The Hall–Kier alpha value is -2.25. The fourth-order valence-electron chi connectivity index (χ4n) is 2.04. The van der Waals surface area contributed by atoms with Gasteiger partial charge in [0.25, 0.3) is 11.8 Å². The summed E-state index contributed by atoms with van der Waals surface area (Å²) in [6.07, 6.45) is -4.51. The van der Waals surface area contributed by atoms with Gasteiger partial charge in [-0.25, -0.2) is 0 Å². The molecule has 0 radical (unpaired) electrons. The van der Waals surface area contributed by atoms with Gasteiger partial charge in [0.1, 0.15) is 6.54 Å². The number of amides is 2. The molecule has 0 aliphatic heterocycles. The lowest BCUT2D eigenvalue weighted by Crippen LogP contribution is -2.33. The highest BCUT2D eigenvalue weighted by Gasteiger charge is 2.28. The standard InChI is InChI=1S/C17H13Cl2F3N2O2/c1-9-2-3-10(15(25)23-8-17(20,21)22)6-14(9)24-16(26)12-7-11(18)4-5-13(12)19/h2-7H,8H2,1H3,(H,23,25)(H,24,26). The first kappa shape index (κ1) is 20.1. The molecule has 2 N–H and O–H groups in total. The van der Waals surface area contributed by atoms with E-state index in [0.29, 0.717) is 10.6 Å². The molecule has 2 rings (SSSR count). The molecule has 4 nitrogen and oxygen atoms in total. The maximum atomic E-state index is 12.4. The molecule has 2 aromatic carbocycles. The average molecular weight is 405 g/mol. The van der Waals surface area contributed by atoms with Crippen LogP contribution >= 0.6 is 23.2 Å².